The van der Waals surface area contributed by atoms with Crippen molar-refractivity contribution in [3.05, 3.63) is 71.0 Å². The van der Waals surface area contributed by atoms with Crippen LogP contribution in [0.1, 0.15) is 47.3 Å². The first-order valence-corrected chi connectivity index (χ1v) is 8.46. The van der Waals surface area contributed by atoms with Gasteiger partial charge < -0.3 is 10.2 Å². The van der Waals surface area contributed by atoms with Gasteiger partial charge in [0.2, 0.25) is 5.91 Å². The molecular formula is C20H21FN2O2. The lowest BCUT2D eigenvalue weighted by molar-refractivity contribution is -0.128. The van der Waals surface area contributed by atoms with Gasteiger partial charge >= 0.3 is 0 Å². The average molecular weight is 340 g/mol. The molecule has 1 saturated heterocycles. The Bertz CT molecular complexity index is 791. The number of nitrogens with one attached hydrogen (secondary N) is 1. The number of halogens is 1. The molecule has 1 aliphatic rings. The first kappa shape index (κ1) is 17.1. The second-order valence-corrected chi connectivity index (χ2v) is 6.34. The van der Waals surface area contributed by atoms with Crippen LogP contribution in [0.2, 0.25) is 0 Å². The van der Waals surface area contributed by atoms with E-state index in [0.29, 0.717) is 24.1 Å². The molecule has 1 heterocycles. The summed E-state index contributed by atoms with van der Waals surface area (Å²) in [5, 5.41) is 2.82. The van der Waals surface area contributed by atoms with Gasteiger partial charge in [0.05, 0.1) is 6.04 Å². The van der Waals surface area contributed by atoms with E-state index in [2.05, 4.69) is 5.32 Å². The van der Waals surface area contributed by atoms with Crippen LogP contribution in [0, 0.1) is 5.82 Å². The molecule has 130 valence electrons. The number of benzene rings is 2. The monoisotopic (exact) mass is 340 g/mol. The highest BCUT2D eigenvalue weighted by atomic mass is 19.1. The largest absolute Gasteiger partial charge is 0.345 e. The molecule has 3 rings (SSSR count). The Morgan fingerprint density at radius 2 is 2.04 bits per heavy atom. The van der Waals surface area contributed by atoms with E-state index < -0.39 is 6.04 Å². The van der Waals surface area contributed by atoms with Crippen LogP contribution in [0.5, 0.6) is 0 Å². The molecule has 0 saturated carbocycles. The highest BCUT2D eigenvalue weighted by Gasteiger charge is 2.20. The van der Waals surface area contributed by atoms with E-state index in [0.717, 1.165) is 18.5 Å². The summed E-state index contributed by atoms with van der Waals surface area (Å²) in [6.45, 7) is 3.03. The number of nitrogens with zero attached hydrogens (tertiary/aromatic N) is 1. The third-order valence-corrected chi connectivity index (χ3v) is 4.45. The summed E-state index contributed by atoms with van der Waals surface area (Å²) in [5.74, 6) is -0.440. The summed E-state index contributed by atoms with van der Waals surface area (Å²) in [4.78, 5) is 26.0. The zero-order valence-electron chi connectivity index (χ0n) is 14.2. The van der Waals surface area contributed by atoms with E-state index in [4.69, 9.17) is 0 Å². The van der Waals surface area contributed by atoms with Crippen molar-refractivity contribution in [1.29, 1.82) is 0 Å². The minimum atomic E-state index is -0.433. The Morgan fingerprint density at radius 3 is 2.76 bits per heavy atom. The van der Waals surface area contributed by atoms with Crippen LogP contribution < -0.4 is 5.32 Å². The van der Waals surface area contributed by atoms with Crippen molar-refractivity contribution in [3.63, 3.8) is 0 Å². The Morgan fingerprint density at radius 1 is 1.24 bits per heavy atom. The Balaban J connectivity index is 1.69. The fourth-order valence-electron chi connectivity index (χ4n) is 3.09. The molecule has 4 nitrogen and oxygen atoms in total. The first-order valence-electron chi connectivity index (χ1n) is 8.46. The summed E-state index contributed by atoms with van der Waals surface area (Å²) in [7, 11) is 0. The van der Waals surface area contributed by atoms with Crippen LogP contribution in [0.25, 0.3) is 0 Å². The van der Waals surface area contributed by atoms with Gasteiger partial charge in [-0.1, -0.05) is 30.3 Å². The summed E-state index contributed by atoms with van der Waals surface area (Å²) in [6.07, 6.45) is 1.49. The molecule has 2 amide bonds. The maximum atomic E-state index is 13.8. The van der Waals surface area contributed by atoms with Gasteiger partial charge in [0.15, 0.2) is 0 Å². The molecule has 1 N–H and O–H groups in total. The smallest absolute Gasteiger partial charge is 0.251 e. The lowest BCUT2D eigenvalue weighted by Crippen LogP contribution is -2.28. The Kier molecular flexibility index (Phi) is 5.12. The number of rotatable bonds is 5. The van der Waals surface area contributed by atoms with Crippen LogP contribution in [0.4, 0.5) is 4.39 Å². The quantitative estimate of drug-likeness (QED) is 0.906. The van der Waals surface area contributed by atoms with Crippen molar-refractivity contribution >= 4 is 11.8 Å². The van der Waals surface area contributed by atoms with Gasteiger partial charge in [-0.15, -0.1) is 0 Å². The predicted molar refractivity (Wildman–Crippen MR) is 93.4 cm³/mol. The van der Waals surface area contributed by atoms with Crippen LogP contribution in [0.15, 0.2) is 48.5 Å². The summed E-state index contributed by atoms with van der Waals surface area (Å²) >= 11 is 0. The number of hydrogen-bond acceptors (Lipinski definition) is 2. The van der Waals surface area contributed by atoms with Crippen LogP contribution in [-0.4, -0.2) is 23.3 Å². The SMILES string of the molecule is CC(NC(=O)c1cccc(CN2CCCC2=O)c1)c1ccccc1F. The molecule has 2 aromatic rings. The zero-order chi connectivity index (χ0) is 17.8. The molecule has 0 spiro atoms. The standard InChI is InChI=1S/C20H21FN2O2/c1-14(17-8-2-3-9-18(17)21)22-20(25)16-7-4-6-15(12-16)13-23-11-5-10-19(23)24/h2-4,6-9,12,14H,5,10-11,13H2,1H3,(H,22,25). The fraction of sp³-hybridized carbons (Fsp3) is 0.300. The van der Waals surface area contributed by atoms with Gasteiger partial charge in [0.25, 0.3) is 5.91 Å². The number of hydrogen-bond donors (Lipinski definition) is 1. The van der Waals surface area contributed by atoms with Crippen molar-refractivity contribution in [1.82, 2.24) is 10.2 Å². The van der Waals surface area contributed by atoms with E-state index in [1.165, 1.54) is 6.07 Å². The van der Waals surface area contributed by atoms with Crippen LogP contribution in [0.3, 0.4) is 0 Å². The Labute approximate surface area is 146 Å². The van der Waals surface area contributed by atoms with Gasteiger partial charge in [-0.2, -0.15) is 0 Å². The number of carbonyl (C=O) groups excluding carboxylic acids is 2. The summed E-state index contributed by atoms with van der Waals surface area (Å²) in [5.41, 5.74) is 1.88. The van der Waals surface area contributed by atoms with Crippen molar-refractivity contribution in [2.75, 3.05) is 6.54 Å². The molecular weight excluding hydrogens is 319 g/mol. The molecule has 0 bridgehead atoms. The van der Waals surface area contributed by atoms with E-state index in [1.807, 2.05) is 6.07 Å². The summed E-state index contributed by atoms with van der Waals surface area (Å²) in [6, 6.07) is 13.2. The molecule has 1 atom stereocenters. The maximum Gasteiger partial charge on any atom is 0.251 e. The maximum absolute atomic E-state index is 13.8. The zero-order valence-corrected chi connectivity index (χ0v) is 14.2. The number of likely N-dealkylation sites (tertiary alicyclic amines) is 1. The first-order chi connectivity index (χ1) is 12.0. The van der Waals surface area contributed by atoms with Crippen molar-refractivity contribution < 1.29 is 14.0 Å². The van der Waals surface area contributed by atoms with Crippen molar-refractivity contribution in [2.45, 2.75) is 32.4 Å². The molecule has 0 aliphatic carbocycles. The van der Waals surface area contributed by atoms with E-state index in [-0.39, 0.29) is 17.6 Å². The van der Waals surface area contributed by atoms with Gasteiger partial charge in [-0.25, -0.2) is 4.39 Å². The highest BCUT2D eigenvalue weighted by Crippen LogP contribution is 2.18. The van der Waals surface area contributed by atoms with E-state index in [9.17, 15) is 14.0 Å². The molecule has 1 aliphatic heterocycles. The molecule has 0 radical (unpaired) electrons. The molecule has 5 heteroatoms. The van der Waals surface area contributed by atoms with Crippen molar-refractivity contribution in [3.8, 4) is 0 Å². The minimum Gasteiger partial charge on any atom is -0.345 e. The minimum absolute atomic E-state index is 0.156. The highest BCUT2D eigenvalue weighted by molar-refractivity contribution is 5.94. The molecule has 1 unspecified atom stereocenters. The normalized spacial score (nSPS) is 15.3. The number of amides is 2. The lowest BCUT2D eigenvalue weighted by Gasteiger charge is -2.17. The van der Waals surface area contributed by atoms with E-state index in [1.54, 1.807) is 48.2 Å². The molecule has 0 aromatic heterocycles. The van der Waals surface area contributed by atoms with Gasteiger partial charge in [-0.05, 0) is 37.1 Å². The molecule has 1 fully saturated rings. The van der Waals surface area contributed by atoms with Gasteiger partial charge in [0.1, 0.15) is 5.82 Å². The molecule has 25 heavy (non-hydrogen) atoms. The average Bonchev–Trinajstić information content (AvgIpc) is 3.00. The predicted octanol–water partition coefficient (Wildman–Crippen LogP) is 3.44. The third kappa shape index (κ3) is 4.05. The topological polar surface area (TPSA) is 49.4 Å². The number of carbonyl (C=O) groups is 2. The molecule has 2 aromatic carbocycles. The van der Waals surface area contributed by atoms with Gasteiger partial charge in [-0.3, -0.25) is 9.59 Å². The summed E-state index contributed by atoms with van der Waals surface area (Å²) < 4.78 is 13.8. The Hall–Kier alpha value is -2.69. The van der Waals surface area contributed by atoms with E-state index >= 15 is 0 Å². The van der Waals surface area contributed by atoms with Crippen LogP contribution in [-0.2, 0) is 11.3 Å². The fourth-order valence-corrected chi connectivity index (χ4v) is 3.09. The second-order valence-electron chi connectivity index (χ2n) is 6.34. The third-order valence-electron chi connectivity index (χ3n) is 4.45. The lowest BCUT2D eigenvalue weighted by atomic mass is 10.1. The van der Waals surface area contributed by atoms with Crippen LogP contribution >= 0.6 is 0 Å². The van der Waals surface area contributed by atoms with Gasteiger partial charge in [0, 0.05) is 30.6 Å². The van der Waals surface area contributed by atoms with Crippen molar-refractivity contribution in [2.24, 2.45) is 0 Å². The second kappa shape index (κ2) is 7.47.